The molecule has 0 radical (unpaired) electrons. The Labute approximate surface area is 91.8 Å². The fraction of sp³-hybridized carbons (Fsp3) is 1.00. The van der Waals surface area contributed by atoms with Crippen LogP contribution in [-0.2, 0) is 14.8 Å². The van der Waals surface area contributed by atoms with Crippen LogP contribution in [-0.4, -0.2) is 57.4 Å². The quantitative estimate of drug-likeness (QED) is 0.724. The fourth-order valence-corrected chi connectivity index (χ4v) is 3.44. The molecule has 5 nitrogen and oxygen atoms in total. The highest BCUT2D eigenvalue weighted by atomic mass is 32.2. The maximum atomic E-state index is 12.1. The maximum absolute atomic E-state index is 12.1. The zero-order chi connectivity index (χ0) is 11.5. The first-order valence-electron chi connectivity index (χ1n) is 5.20. The number of sulfonamides is 1. The van der Waals surface area contributed by atoms with Crippen LogP contribution in [0.2, 0.25) is 0 Å². The predicted molar refractivity (Wildman–Crippen MR) is 59.3 cm³/mol. The summed E-state index contributed by atoms with van der Waals surface area (Å²) in [5.41, 5.74) is 0. The van der Waals surface area contributed by atoms with Crippen LogP contribution in [0.1, 0.15) is 13.8 Å². The van der Waals surface area contributed by atoms with Gasteiger partial charge in [-0.25, -0.2) is 8.42 Å². The molecule has 0 aromatic carbocycles. The van der Waals surface area contributed by atoms with E-state index < -0.39 is 15.3 Å². The average Bonchev–Trinajstić information content (AvgIpc) is 2.18. The van der Waals surface area contributed by atoms with E-state index in [0.717, 1.165) is 13.1 Å². The molecule has 0 spiro atoms. The second kappa shape index (κ2) is 5.25. The molecule has 2 atom stereocenters. The lowest BCUT2D eigenvalue weighted by molar-refractivity contribution is 0.195. The van der Waals surface area contributed by atoms with Crippen molar-refractivity contribution in [1.29, 1.82) is 0 Å². The smallest absolute Gasteiger partial charge is 0.219 e. The van der Waals surface area contributed by atoms with Gasteiger partial charge in [0.15, 0.2) is 0 Å². The Balaban J connectivity index is 2.75. The fourth-order valence-electron chi connectivity index (χ4n) is 1.75. The monoisotopic (exact) mass is 236 g/mol. The predicted octanol–water partition coefficient (Wildman–Crippen LogP) is -0.355. The zero-order valence-corrected chi connectivity index (χ0v) is 10.4. The van der Waals surface area contributed by atoms with E-state index in [-0.39, 0.29) is 12.6 Å². The standard InChI is InChI=1S/C9H20N2O3S/c1-8-6-10-4-5-11(8)15(12,13)9(2)7-14-3/h8-10H,4-7H2,1-3H3/t8-,9?/m0/s1. The molecule has 1 aliphatic heterocycles. The molecule has 90 valence electrons. The van der Waals surface area contributed by atoms with Crippen LogP contribution in [0.5, 0.6) is 0 Å². The third-order valence-corrected chi connectivity index (χ3v) is 5.03. The van der Waals surface area contributed by atoms with Crippen molar-refractivity contribution < 1.29 is 13.2 Å². The molecular weight excluding hydrogens is 216 g/mol. The van der Waals surface area contributed by atoms with Crippen LogP contribution >= 0.6 is 0 Å². The molecule has 1 aliphatic rings. The second-order valence-corrected chi connectivity index (χ2v) is 6.28. The molecule has 15 heavy (non-hydrogen) atoms. The molecule has 1 saturated heterocycles. The molecule has 1 fully saturated rings. The number of ether oxygens (including phenoxy) is 1. The highest BCUT2D eigenvalue weighted by Gasteiger charge is 2.33. The van der Waals surface area contributed by atoms with Crippen LogP contribution in [0.3, 0.4) is 0 Å². The molecule has 6 heteroatoms. The molecule has 1 unspecified atom stereocenters. The van der Waals surface area contributed by atoms with E-state index in [9.17, 15) is 8.42 Å². The number of rotatable bonds is 4. The van der Waals surface area contributed by atoms with Crippen LogP contribution in [0.25, 0.3) is 0 Å². The minimum atomic E-state index is -3.21. The lowest BCUT2D eigenvalue weighted by Gasteiger charge is -2.34. The van der Waals surface area contributed by atoms with Crippen molar-refractivity contribution in [1.82, 2.24) is 9.62 Å². The van der Waals surface area contributed by atoms with E-state index in [1.165, 1.54) is 7.11 Å². The normalized spacial score (nSPS) is 26.5. The van der Waals surface area contributed by atoms with Crippen molar-refractivity contribution in [2.75, 3.05) is 33.4 Å². The van der Waals surface area contributed by atoms with Gasteiger partial charge in [-0.1, -0.05) is 0 Å². The summed E-state index contributed by atoms with van der Waals surface area (Å²) in [5, 5.41) is 2.70. The Morgan fingerprint density at radius 1 is 1.60 bits per heavy atom. The van der Waals surface area contributed by atoms with Gasteiger partial charge in [0.2, 0.25) is 10.0 Å². The third kappa shape index (κ3) is 2.90. The van der Waals surface area contributed by atoms with Gasteiger partial charge in [-0.15, -0.1) is 0 Å². The van der Waals surface area contributed by atoms with Crippen LogP contribution in [0.4, 0.5) is 0 Å². The Morgan fingerprint density at radius 3 is 2.80 bits per heavy atom. The van der Waals surface area contributed by atoms with E-state index in [1.54, 1.807) is 11.2 Å². The number of hydrogen-bond acceptors (Lipinski definition) is 4. The van der Waals surface area contributed by atoms with Crippen LogP contribution in [0.15, 0.2) is 0 Å². The van der Waals surface area contributed by atoms with Gasteiger partial charge >= 0.3 is 0 Å². The van der Waals surface area contributed by atoms with E-state index in [0.29, 0.717) is 6.54 Å². The molecule has 1 rings (SSSR count). The van der Waals surface area contributed by atoms with Gasteiger partial charge in [0, 0.05) is 32.8 Å². The Hall–Kier alpha value is -0.170. The van der Waals surface area contributed by atoms with Gasteiger partial charge in [-0.05, 0) is 13.8 Å². The van der Waals surface area contributed by atoms with Crippen LogP contribution < -0.4 is 5.32 Å². The number of hydrogen-bond donors (Lipinski definition) is 1. The van der Waals surface area contributed by atoms with Gasteiger partial charge in [0.25, 0.3) is 0 Å². The van der Waals surface area contributed by atoms with Crippen molar-refractivity contribution >= 4 is 10.0 Å². The van der Waals surface area contributed by atoms with E-state index in [2.05, 4.69) is 5.32 Å². The minimum absolute atomic E-state index is 0.0306. The third-order valence-electron chi connectivity index (χ3n) is 2.68. The Morgan fingerprint density at radius 2 is 2.27 bits per heavy atom. The van der Waals surface area contributed by atoms with E-state index in [1.807, 2.05) is 6.92 Å². The summed E-state index contributed by atoms with van der Waals surface area (Å²) in [4.78, 5) is 0. The average molecular weight is 236 g/mol. The Bertz CT molecular complexity index is 292. The van der Waals surface area contributed by atoms with Crippen molar-refractivity contribution in [2.45, 2.75) is 25.1 Å². The Kier molecular flexibility index (Phi) is 4.51. The van der Waals surface area contributed by atoms with Gasteiger partial charge in [0.1, 0.15) is 0 Å². The molecule has 0 saturated carbocycles. The molecule has 0 bridgehead atoms. The van der Waals surface area contributed by atoms with E-state index >= 15 is 0 Å². The summed E-state index contributed by atoms with van der Waals surface area (Å²) in [6.07, 6.45) is 0. The number of nitrogens with one attached hydrogen (secondary N) is 1. The first-order valence-corrected chi connectivity index (χ1v) is 6.70. The van der Waals surface area contributed by atoms with Crippen LogP contribution in [0, 0.1) is 0 Å². The van der Waals surface area contributed by atoms with Gasteiger partial charge < -0.3 is 10.1 Å². The number of methoxy groups -OCH3 is 1. The first-order chi connectivity index (χ1) is 7.00. The first kappa shape index (κ1) is 12.9. The highest BCUT2D eigenvalue weighted by Crippen LogP contribution is 2.14. The number of piperazine rings is 1. The van der Waals surface area contributed by atoms with Gasteiger partial charge in [-0.2, -0.15) is 4.31 Å². The van der Waals surface area contributed by atoms with Gasteiger partial charge in [-0.3, -0.25) is 0 Å². The summed E-state index contributed by atoms with van der Waals surface area (Å²) >= 11 is 0. The molecule has 0 amide bonds. The summed E-state index contributed by atoms with van der Waals surface area (Å²) in [6, 6.07) is 0.0306. The molecule has 0 aromatic heterocycles. The summed E-state index contributed by atoms with van der Waals surface area (Å²) in [6.45, 7) is 5.86. The van der Waals surface area contributed by atoms with Crippen molar-refractivity contribution in [3.8, 4) is 0 Å². The largest absolute Gasteiger partial charge is 0.383 e. The molecule has 0 aromatic rings. The van der Waals surface area contributed by atoms with Gasteiger partial charge in [0.05, 0.1) is 11.9 Å². The summed E-state index contributed by atoms with van der Waals surface area (Å²) < 4.78 is 30.7. The second-order valence-electron chi connectivity index (χ2n) is 3.97. The highest BCUT2D eigenvalue weighted by molar-refractivity contribution is 7.89. The molecular formula is C9H20N2O3S. The van der Waals surface area contributed by atoms with Crippen molar-refractivity contribution in [2.24, 2.45) is 0 Å². The zero-order valence-electron chi connectivity index (χ0n) is 9.56. The lowest BCUT2D eigenvalue weighted by atomic mass is 10.3. The number of nitrogens with zero attached hydrogens (tertiary/aromatic N) is 1. The molecule has 1 heterocycles. The topological polar surface area (TPSA) is 58.6 Å². The van der Waals surface area contributed by atoms with E-state index in [4.69, 9.17) is 4.74 Å². The summed E-state index contributed by atoms with van der Waals surface area (Å²) in [5.74, 6) is 0. The molecule has 0 aliphatic carbocycles. The minimum Gasteiger partial charge on any atom is -0.383 e. The van der Waals surface area contributed by atoms with Crippen molar-refractivity contribution in [3.63, 3.8) is 0 Å². The lowest BCUT2D eigenvalue weighted by Crippen LogP contribution is -2.54. The summed E-state index contributed by atoms with van der Waals surface area (Å²) in [7, 11) is -1.68. The molecule has 1 N–H and O–H groups in total. The van der Waals surface area contributed by atoms with Crippen molar-refractivity contribution in [3.05, 3.63) is 0 Å². The SMILES string of the molecule is COCC(C)S(=O)(=O)N1CCNC[C@@H]1C. The maximum Gasteiger partial charge on any atom is 0.219 e.